The third kappa shape index (κ3) is 4.80. The van der Waals surface area contributed by atoms with Gasteiger partial charge in [-0.05, 0) is 56.8 Å². The molecule has 0 spiro atoms. The van der Waals surface area contributed by atoms with Gasteiger partial charge in [-0.3, -0.25) is 0 Å². The van der Waals surface area contributed by atoms with Gasteiger partial charge >= 0.3 is 0 Å². The van der Waals surface area contributed by atoms with Crippen molar-refractivity contribution in [2.45, 2.75) is 45.2 Å². The average molecular weight is 353 g/mol. The van der Waals surface area contributed by atoms with Gasteiger partial charge in [-0.1, -0.05) is 47.5 Å². The fourth-order valence-electron chi connectivity index (χ4n) is 3.70. The van der Waals surface area contributed by atoms with E-state index in [9.17, 15) is 0 Å². The van der Waals surface area contributed by atoms with E-state index in [0.29, 0.717) is 6.04 Å². The van der Waals surface area contributed by atoms with Crippen molar-refractivity contribution in [2.75, 3.05) is 20.6 Å². The van der Waals surface area contributed by atoms with Crippen molar-refractivity contribution in [1.29, 1.82) is 0 Å². The van der Waals surface area contributed by atoms with Crippen molar-refractivity contribution >= 4 is 15.9 Å². The third-order valence-electron chi connectivity index (χ3n) is 4.98. The van der Waals surface area contributed by atoms with Crippen LogP contribution in [0.25, 0.3) is 0 Å². The van der Waals surface area contributed by atoms with Gasteiger partial charge in [0.15, 0.2) is 0 Å². The lowest BCUT2D eigenvalue weighted by Gasteiger charge is -2.38. The van der Waals surface area contributed by atoms with Crippen LogP contribution in [0.2, 0.25) is 0 Å². The quantitative estimate of drug-likeness (QED) is 0.821. The second-order valence-corrected chi connectivity index (χ2v) is 7.39. The molecule has 0 radical (unpaired) electrons. The van der Waals surface area contributed by atoms with Gasteiger partial charge in [-0.15, -0.1) is 0 Å². The summed E-state index contributed by atoms with van der Waals surface area (Å²) in [4.78, 5) is 2.48. The van der Waals surface area contributed by atoms with Crippen molar-refractivity contribution in [2.24, 2.45) is 11.8 Å². The topological polar surface area (TPSA) is 15.3 Å². The summed E-state index contributed by atoms with van der Waals surface area (Å²) in [5, 5.41) is 3.54. The Bertz CT molecular complexity index is 435. The predicted octanol–water partition coefficient (Wildman–Crippen LogP) is 4.30. The molecule has 3 heteroatoms. The number of rotatable bonds is 6. The molecule has 0 heterocycles. The number of halogens is 1. The van der Waals surface area contributed by atoms with Crippen LogP contribution in [0.15, 0.2) is 28.7 Å². The summed E-state index contributed by atoms with van der Waals surface area (Å²) in [5.74, 6) is 1.71. The van der Waals surface area contributed by atoms with Crippen molar-refractivity contribution in [1.82, 2.24) is 10.2 Å². The standard InChI is InChI=1S/C18H29BrN2/c1-4-14-9-10-18(20-2)16(11-14)13-21(3)12-15-7-5-6-8-17(15)19/h5-8,14,16,18,20H,4,9-13H2,1-3H3. The molecule has 1 aliphatic carbocycles. The fraction of sp³-hybridized carbons (Fsp3) is 0.667. The molecule has 1 aliphatic rings. The molecule has 0 amide bonds. The zero-order valence-corrected chi connectivity index (χ0v) is 15.2. The second-order valence-electron chi connectivity index (χ2n) is 6.53. The lowest BCUT2D eigenvalue weighted by Crippen LogP contribution is -2.43. The van der Waals surface area contributed by atoms with Crippen LogP contribution in [-0.2, 0) is 6.54 Å². The highest BCUT2D eigenvalue weighted by molar-refractivity contribution is 9.10. The Morgan fingerprint density at radius 2 is 2.05 bits per heavy atom. The highest BCUT2D eigenvalue weighted by Crippen LogP contribution is 2.32. The minimum absolute atomic E-state index is 0.689. The van der Waals surface area contributed by atoms with Crippen molar-refractivity contribution in [3.8, 4) is 0 Å². The summed E-state index contributed by atoms with van der Waals surface area (Å²) in [6.07, 6.45) is 5.44. The molecule has 2 rings (SSSR count). The van der Waals surface area contributed by atoms with Crippen molar-refractivity contribution in [3.05, 3.63) is 34.3 Å². The van der Waals surface area contributed by atoms with E-state index < -0.39 is 0 Å². The maximum absolute atomic E-state index is 3.66. The second kappa shape index (κ2) is 8.30. The number of nitrogens with zero attached hydrogens (tertiary/aromatic N) is 1. The summed E-state index contributed by atoms with van der Waals surface area (Å²) >= 11 is 3.66. The van der Waals surface area contributed by atoms with Crippen LogP contribution in [0.1, 0.15) is 38.2 Å². The first kappa shape index (κ1) is 17.0. The molecule has 1 saturated carbocycles. The first-order chi connectivity index (χ1) is 10.1. The first-order valence-electron chi connectivity index (χ1n) is 8.23. The Kier molecular flexibility index (Phi) is 6.72. The minimum Gasteiger partial charge on any atom is -0.317 e. The molecule has 1 aromatic rings. The zero-order chi connectivity index (χ0) is 15.2. The Morgan fingerprint density at radius 3 is 2.71 bits per heavy atom. The molecular weight excluding hydrogens is 324 g/mol. The molecule has 118 valence electrons. The van der Waals surface area contributed by atoms with Gasteiger partial charge in [0, 0.05) is 23.6 Å². The van der Waals surface area contributed by atoms with E-state index in [1.165, 1.54) is 42.3 Å². The van der Waals surface area contributed by atoms with Crippen LogP contribution < -0.4 is 5.32 Å². The lowest BCUT2D eigenvalue weighted by molar-refractivity contribution is 0.153. The molecule has 21 heavy (non-hydrogen) atoms. The number of benzene rings is 1. The van der Waals surface area contributed by atoms with E-state index in [2.05, 4.69) is 71.4 Å². The molecule has 0 aliphatic heterocycles. The van der Waals surface area contributed by atoms with Gasteiger partial charge in [0.25, 0.3) is 0 Å². The minimum atomic E-state index is 0.689. The highest BCUT2D eigenvalue weighted by Gasteiger charge is 2.29. The lowest BCUT2D eigenvalue weighted by atomic mass is 9.76. The SMILES string of the molecule is CCC1CCC(NC)C(CN(C)Cc2ccccc2Br)C1. The normalized spacial score (nSPS) is 26.2. The highest BCUT2D eigenvalue weighted by atomic mass is 79.9. The van der Waals surface area contributed by atoms with Crippen LogP contribution >= 0.6 is 15.9 Å². The fourth-order valence-corrected chi connectivity index (χ4v) is 4.11. The molecular formula is C18H29BrN2. The van der Waals surface area contributed by atoms with Gasteiger partial charge in [0.2, 0.25) is 0 Å². The van der Waals surface area contributed by atoms with E-state index >= 15 is 0 Å². The van der Waals surface area contributed by atoms with Gasteiger partial charge in [-0.2, -0.15) is 0 Å². The first-order valence-corrected chi connectivity index (χ1v) is 9.02. The maximum Gasteiger partial charge on any atom is 0.0242 e. The summed E-state index contributed by atoms with van der Waals surface area (Å²) in [5.41, 5.74) is 1.38. The largest absolute Gasteiger partial charge is 0.317 e. The Labute approximate surface area is 138 Å². The molecule has 1 N–H and O–H groups in total. The average Bonchev–Trinajstić information content (AvgIpc) is 2.49. The number of hydrogen-bond donors (Lipinski definition) is 1. The Hall–Kier alpha value is -0.380. The Balaban J connectivity index is 1.93. The van der Waals surface area contributed by atoms with Gasteiger partial charge in [0.1, 0.15) is 0 Å². The summed E-state index contributed by atoms with van der Waals surface area (Å²) in [6, 6.07) is 9.24. The van der Waals surface area contributed by atoms with Crippen LogP contribution in [0.3, 0.4) is 0 Å². The molecule has 1 fully saturated rings. The van der Waals surface area contributed by atoms with E-state index in [-0.39, 0.29) is 0 Å². The van der Waals surface area contributed by atoms with E-state index in [4.69, 9.17) is 0 Å². The summed E-state index contributed by atoms with van der Waals surface area (Å²) in [6.45, 7) is 4.54. The van der Waals surface area contributed by atoms with E-state index in [1.807, 2.05) is 0 Å². The molecule has 0 bridgehead atoms. The maximum atomic E-state index is 3.66. The van der Waals surface area contributed by atoms with Gasteiger partial charge < -0.3 is 10.2 Å². The van der Waals surface area contributed by atoms with Crippen LogP contribution in [0.5, 0.6) is 0 Å². The van der Waals surface area contributed by atoms with E-state index in [1.54, 1.807) is 0 Å². The molecule has 3 unspecified atom stereocenters. The molecule has 2 nitrogen and oxygen atoms in total. The van der Waals surface area contributed by atoms with Gasteiger partial charge in [-0.25, -0.2) is 0 Å². The summed E-state index contributed by atoms with van der Waals surface area (Å²) < 4.78 is 1.22. The zero-order valence-electron chi connectivity index (χ0n) is 13.6. The smallest absolute Gasteiger partial charge is 0.0242 e. The number of hydrogen-bond acceptors (Lipinski definition) is 2. The molecule has 3 atom stereocenters. The monoisotopic (exact) mass is 352 g/mol. The van der Waals surface area contributed by atoms with Crippen molar-refractivity contribution < 1.29 is 0 Å². The van der Waals surface area contributed by atoms with Crippen LogP contribution in [0, 0.1) is 11.8 Å². The molecule has 0 aromatic heterocycles. The van der Waals surface area contributed by atoms with Gasteiger partial charge in [0.05, 0.1) is 0 Å². The van der Waals surface area contributed by atoms with Crippen LogP contribution in [0.4, 0.5) is 0 Å². The molecule has 1 aromatic carbocycles. The Morgan fingerprint density at radius 1 is 1.29 bits per heavy atom. The summed E-state index contributed by atoms with van der Waals surface area (Å²) in [7, 11) is 4.37. The number of nitrogens with one attached hydrogen (secondary N) is 1. The van der Waals surface area contributed by atoms with Crippen molar-refractivity contribution in [3.63, 3.8) is 0 Å². The van der Waals surface area contributed by atoms with Crippen LogP contribution in [-0.4, -0.2) is 31.6 Å². The predicted molar refractivity (Wildman–Crippen MR) is 94.4 cm³/mol. The van der Waals surface area contributed by atoms with E-state index in [0.717, 1.165) is 18.4 Å². The third-order valence-corrected chi connectivity index (χ3v) is 5.76. The molecule has 0 saturated heterocycles.